The lowest BCUT2D eigenvalue weighted by Gasteiger charge is -2.11. The van der Waals surface area contributed by atoms with E-state index in [1.54, 1.807) is 11.6 Å². The molecular formula is C9H14ClN3O2S. The number of aryl methyl sites for hydroxylation is 1. The molecule has 0 spiro atoms. The number of alkyl halides is 1. The molecule has 1 N–H and O–H groups in total. The highest BCUT2D eigenvalue weighted by Gasteiger charge is 2.42. The Morgan fingerprint density at radius 3 is 2.75 bits per heavy atom. The van der Waals surface area contributed by atoms with E-state index in [0.29, 0.717) is 12.4 Å². The number of hydrogen-bond donors (Lipinski definition) is 1. The average Bonchev–Trinajstić information content (AvgIpc) is 2.91. The molecular weight excluding hydrogens is 250 g/mol. The molecule has 1 aromatic heterocycles. The lowest BCUT2D eigenvalue weighted by Crippen LogP contribution is -2.31. The summed E-state index contributed by atoms with van der Waals surface area (Å²) in [5.74, 6) is 0.498. The zero-order valence-corrected chi connectivity index (χ0v) is 10.6. The van der Waals surface area contributed by atoms with Crippen LogP contribution in [0.15, 0.2) is 17.6 Å². The minimum atomic E-state index is -3.48. The maximum atomic E-state index is 11.8. The van der Waals surface area contributed by atoms with E-state index in [2.05, 4.69) is 9.71 Å². The average molecular weight is 264 g/mol. The number of imidazole rings is 1. The fraction of sp³-hybridized carbons (Fsp3) is 0.667. The third kappa shape index (κ3) is 2.39. The van der Waals surface area contributed by atoms with Crippen LogP contribution < -0.4 is 4.72 Å². The summed E-state index contributed by atoms with van der Waals surface area (Å²) < 4.78 is 27.8. The first-order valence-electron chi connectivity index (χ1n) is 5.01. The standard InChI is InChI=1S/C9H14ClN3O2S/c1-13-4-8(11-7-13)16(14,15)12-6-9(5-10)2-3-9/h4,7,12H,2-3,5-6H2,1H3. The molecule has 0 radical (unpaired) electrons. The SMILES string of the molecule is Cn1cnc(S(=O)(=O)NCC2(CCl)CC2)c1. The van der Waals surface area contributed by atoms with E-state index in [9.17, 15) is 8.42 Å². The van der Waals surface area contributed by atoms with Crippen molar-refractivity contribution in [3.8, 4) is 0 Å². The van der Waals surface area contributed by atoms with Gasteiger partial charge in [-0.3, -0.25) is 0 Å². The number of nitrogens with one attached hydrogen (secondary N) is 1. The molecule has 0 atom stereocenters. The normalized spacial score (nSPS) is 18.6. The molecule has 0 unspecified atom stereocenters. The quantitative estimate of drug-likeness (QED) is 0.796. The second-order valence-electron chi connectivity index (χ2n) is 4.34. The van der Waals surface area contributed by atoms with E-state index in [4.69, 9.17) is 11.6 Å². The van der Waals surface area contributed by atoms with Crippen LogP contribution in [-0.2, 0) is 17.1 Å². The Morgan fingerprint density at radius 2 is 2.31 bits per heavy atom. The molecule has 7 heteroatoms. The van der Waals surface area contributed by atoms with Crippen LogP contribution in [0.1, 0.15) is 12.8 Å². The van der Waals surface area contributed by atoms with Crippen molar-refractivity contribution in [2.75, 3.05) is 12.4 Å². The summed E-state index contributed by atoms with van der Waals surface area (Å²) in [6.07, 6.45) is 4.91. The van der Waals surface area contributed by atoms with E-state index in [-0.39, 0.29) is 10.4 Å². The minimum absolute atomic E-state index is 0.0244. The van der Waals surface area contributed by atoms with E-state index < -0.39 is 10.0 Å². The Bertz CT molecular complexity index is 479. The number of sulfonamides is 1. The van der Waals surface area contributed by atoms with Gasteiger partial charge in [0, 0.05) is 25.7 Å². The summed E-state index contributed by atoms with van der Waals surface area (Å²) >= 11 is 5.78. The van der Waals surface area contributed by atoms with Gasteiger partial charge in [-0.25, -0.2) is 18.1 Å². The van der Waals surface area contributed by atoms with Gasteiger partial charge in [-0.2, -0.15) is 0 Å². The smallest absolute Gasteiger partial charge is 0.259 e. The number of rotatable bonds is 5. The van der Waals surface area contributed by atoms with Crippen molar-refractivity contribution in [2.45, 2.75) is 17.9 Å². The molecule has 16 heavy (non-hydrogen) atoms. The first-order valence-corrected chi connectivity index (χ1v) is 7.03. The van der Waals surface area contributed by atoms with Gasteiger partial charge in [0.1, 0.15) is 0 Å². The van der Waals surface area contributed by atoms with E-state index in [1.807, 2.05) is 0 Å². The van der Waals surface area contributed by atoms with Gasteiger partial charge in [-0.1, -0.05) is 0 Å². The molecule has 1 aromatic rings. The molecule has 1 heterocycles. The predicted molar refractivity (Wildman–Crippen MR) is 60.8 cm³/mol. The highest BCUT2D eigenvalue weighted by atomic mass is 35.5. The topological polar surface area (TPSA) is 64.0 Å². The summed E-state index contributed by atoms with van der Waals surface area (Å²) in [7, 11) is -1.75. The van der Waals surface area contributed by atoms with Crippen molar-refractivity contribution < 1.29 is 8.42 Å². The largest absolute Gasteiger partial charge is 0.339 e. The second-order valence-corrected chi connectivity index (χ2v) is 6.32. The Kier molecular flexibility index (Phi) is 2.98. The Morgan fingerprint density at radius 1 is 1.62 bits per heavy atom. The summed E-state index contributed by atoms with van der Waals surface area (Å²) in [4.78, 5) is 3.81. The van der Waals surface area contributed by atoms with Gasteiger partial charge in [0.25, 0.3) is 10.0 Å². The number of nitrogens with zero attached hydrogens (tertiary/aromatic N) is 2. The van der Waals surface area contributed by atoms with Gasteiger partial charge in [-0.05, 0) is 18.3 Å². The van der Waals surface area contributed by atoms with Crippen molar-refractivity contribution in [3.05, 3.63) is 12.5 Å². The summed E-state index contributed by atoms with van der Waals surface area (Å²) in [6, 6.07) is 0. The van der Waals surface area contributed by atoms with Crippen LogP contribution in [0, 0.1) is 5.41 Å². The predicted octanol–water partition coefficient (Wildman–Crippen LogP) is 0.717. The molecule has 1 aliphatic carbocycles. The number of aromatic nitrogens is 2. The van der Waals surface area contributed by atoms with Crippen LogP contribution in [0.3, 0.4) is 0 Å². The number of halogens is 1. The van der Waals surface area contributed by atoms with Crippen LogP contribution in [-0.4, -0.2) is 30.4 Å². The van der Waals surface area contributed by atoms with Gasteiger partial charge >= 0.3 is 0 Å². The van der Waals surface area contributed by atoms with Crippen LogP contribution in [0.2, 0.25) is 0 Å². The Hall–Kier alpha value is -0.590. The van der Waals surface area contributed by atoms with Crippen LogP contribution in [0.4, 0.5) is 0 Å². The van der Waals surface area contributed by atoms with E-state index in [0.717, 1.165) is 12.8 Å². The van der Waals surface area contributed by atoms with Crippen molar-refractivity contribution in [1.82, 2.24) is 14.3 Å². The highest BCUT2D eigenvalue weighted by molar-refractivity contribution is 7.89. The van der Waals surface area contributed by atoms with Gasteiger partial charge in [0.05, 0.1) is 6.33 Å². The van der Waals surface area contributed by atoms with Crippen molar-refractivity contribution in [3.63, 3.8) is 0 Å². The van der Waals surface area contributed by atoms with Crippen LogP contribution in [0.5, 0.6) is 0 Å². The fourth-order valence-electron chi connectivity index (χ4n) is 1.38. The monoisotopic (exact) mass is 263 g/mol. The maximum absolute atomic E-state index is 11.8. The van der Waals surface area contributed by atoms with Gasteiger partial charge < -0.3 is 4.57 Å². The molecule has 1 fully saturated rings. The van der Waals surface area contributed by atoms with E-state index in [1.165, 1.54) is 12.5 Å². The van der Waals surface area contributed by atoms with Gasteiger partial charge in [-0.15, -0.1) is 11.6 Å². The summed E-state index contributed by atoms with van der Waals surface area (Å²) in [6.45, 7) is 0.398. The third-order valence-corrected chi connectivity index (χ3v) is 4.69. The van der Waals surface area contributed by atoms with Gasteiger partial charge in [0.15, 0.2) is 5.03 Å². The Balaban J connectivity index is 2.04. The van der Waals surface area contributed by atoms with Crippen molar-refractivity contribution in [2.24, 2.45) is 12.5 Å². The first kappa shape index (κ1) is 11.9. The fourth-order valence-corrected chi connectivity index (χ4v) is 2.88. The van der Waals surface area contributed by atoms with Crippen LogP contribution >= 0.6 is 11.6 Å². The lowest BCUT2D eigenvalue weighted by atomic mass is 10.1. The molecule has 0 saturated heterocycles. The molecule has 0 aromatic carbocycles. The van der Waals surface area contributed by atoms with Crippen LogP contribution in [0.25, 0.3) is 0 Å². The molecule has 1 aliphatic rings. The molecule has 5 nitrogen and oxygen atoms in total. The summed E-state index contributed by atoms with van der Waals surface area (Å²) in [5.41, 5.74) is -0.0244. The summed E-state index contributed by atoms with van der Waals surface area (Å²) in [5, 5.41) is 0.0559. The minimum Gasteiger partial charge on any atom is -0.339 e. The lowest BCUT2D eigenvalue weighted by molar-refractivity contribution is 0.532. The zero-order valence-electron chi connectivity index (χ0n) is 8.98. The molecule has 0 aliphatic heterocycles. The molecule has 1 saturated carbocycles. The van der Waals surface area contributed by atoms with Gasteiger partial charge in [0.2, 0.25) is 0 Å². The third-order valence-electron chi connectivity index (χ3n) is 2.83. The number of hydrogen-bond acceptors (Lipinski definition) is 3. The second kappa shape index (κ2) is 4.01. The first-order chi connectivity index (χ1) is 7.47. The molecule has 2 rings (SSSR count). The van der Waals surface area contributed by atoms with E-state index >= 15 is 0 Å². The maximum Gasteiger partial charge on any atom is 0.259 e. The molecule has 0 amide bonds. The molecule has 0 bridgehead atoms. The molecule has 90 valence electrons. The Labute approximate surface area is 99.9 Å². The van der Waals surface area contributed by atoms with Crippen molar-refractivity contribution >= 4 is 21.6 Å². The zero-order chi connectivity index (χ0) is 11.8. The highest BCUT2D eigenvalue weighted by Crippen LogP contribution is 2.46. The van der Waals surface area contributed by atoms with Crippen molar-refractivity contribution in [1.29, 1.82) is 0 Å².